The molecule has 0 aromatic carbocycles. The molecule has 1 aromatic rings. The van der Waals surface area contributed by atoms with Crippen LogP contribution in [0.25, 0.3) is 0 Å². The number of hydrogen-bond donors (Lipinski definition) is 2. The topological polar surface area (TPSA) is 41.8 Å². The molecule has 1 heterocycles. The van der Waals surface area contributed by atoms with E-state index in [0.717, 1.165) is 12.0 Å². The number of nitrogens with one attached hydrogen (secondary N) is 1. The van der Waals surface area contributed by atoms with Gasteiger partial charge in [0.1, 0.15) is 0 Å². The zero-order valence-corrected chi connectivity index (χ0v) is 5.88. The van der Waals surface area contributed by atoms with Crippen LogP contribution in [0, 0.1) is 0 Å². The third-order valence-electron chi connectivity index (χ3n) is 1.47. The van der Waals surface area contributed by atoms with Crippen LogP contribution in [-0.2, 0) is 0 Å². The molecule has 1 rings (SSSR count). The summed E-state index contributed by atoms with van der Waals surface area (Å²) < 4.78 is 0. The van der Waals surface area contributed by atoms with Gasteiger partial charge in [0.2, 0.25) is 0 Å². The highest BCUT2D eigenvalue weighted by molar-refractivity contribution is 5.13. The number of aromatic nitrogens is 1. The first-order chi connectivity index (χ1) is 4.84. The van der Waals surface area contributed by atoms with Gasteiger partial charge >= 0.3 is 0 Å². The molecule has 0 aliphatic carbocycles. The van der Waals surface area contributed by atoms with Crippen LogP contribution in [-0.4, -0.2) is 4.98 Å². The quantitative estimate of drug-likeness (QED) is 0.609. The first-order valence-electron chi connectivity index (χ1n) is 3.33. The average molecular weight is 136 g/mol. The van der Waals surface area contributed by atoms with Gasteiger partial charge in [-0.05, 0) is 18.1 Å². The van der Waals surface area contributed by atoms with Gasteiger partial charge in [-0.2, -0.15) is 0 Å². The van der Waals surface area contributed by atoms with Gasteiger partial charge in [0.25, 0.3) is 0 Å². The molecule has 1 atom stereocenters. The van der Waals surface area contributed by atoms with Gasteiger partial charge in [-0.3, -0.25) is 0 Å². The van der Waals surface area contributed by atoms with Crippen molar-refractivity contribution in [3.8, 4) is 0 Å². The van der Waals surface area contributed by atoms with Crippen molar-refractivity contribution in [3.05, 3.63) is 36.7 Å². The maximum absolute atomic E-state index is 5.76. The van der Waals surface area contributed by atoms with Gasteiger partial charge < -0.3 is 10.7 Å². The molecule has 2 heteroatoms. The van der Waals surface area contributed by atoms with E-state index in [1.165, 1.54) is 0 Å². The van der Waals surface area contributed by atoms with Crippen LogP contribution < -0.4 is 5.73 Å². The fourth-order valence-corrected chi connectivity index (χ4v) is 0.883. The fraction of sp³-hybridized carbons (Fsp3) is 0.250. The second-order valence-corrected chi connectivity index (χ2v) is 2.28. The molecular formula is C8H12N2. The van der Waals surface area contributed by atoms with Crippen LogP contribution in [0.15, 0.2) is 31.1 Å². The summed E-state index contributed by atoms with van der Waals surface area (Å²) in [5.41, 5.74) is 6.90. The molecule has 2 nitrogen and oxygen atoms in total. The van der Waals surface area contributed by atoms with Crippen molar-refractivity contribution in [2.75, 3.05) is 0 Å². The molecule has 0 spiro atoms. The smallest absolute Gasteiger partial charge is 0.0344 e. The Morgan fingerprint density at radius 2 is 2.60 bits per heavy atom. The third kappa shape index (κ3) is 1.48. The van der Waals surface area contributed by atoms with Crippen molar-refractivity contribution >= 4 is 0 Å². The minimum atomic E-state index is 0.101. The molecule has 0 amide bonds. The fourth-order valence-electron chi connectivity index (χ4n) is 0.883. The largest absolute Gasteiger partial charge is 0.367 e. The van der Waals surface area contributed by atoms with Crippen LogP contribution in [0.5, 0.6) is 0 Å². The Morgan fingerprint density at radius 3 is 3.10 bits per heavy atom. The lowest BCUT2D eigenvalue weighted by Gasteiger charge is -2.04. The number of aromatic amines is 1. The van der Waals surface area contributed by atoms with Crippen LogP contribution in [0.2, 0.25) is 0 Å². The van der Waals surface area contributed by atoms with E-state index in [0.29, 0.717) is 0 Å². The van der Waals surface area contributed by atoms with Crippen LogP contribution in [0.4, 0.5) is 0 Å². The standard InChI is InChI=1S/C8H12N2/c1-2-3-8(9)7-4-5-10-6-7/h2,4-6,8,10H,1,3,9H2. The minimum Gasteiger partial charge on any atom is -0.367 e. The molecule has 0 bridgehead atoms. The second kappa shape index (κ2) is 3.22. The first-order valence-corrected chi connectivity index (χ1v) is 3.33. The van der Waals surface area contributed by atoms with Crippen molar-refractivity contribution in [1.82, 2.24) is 4.98 Å². The predicted molar refractivity (Wildman–Crippen MR) is 42.5 cm³/mol. The zero-order chi connectivity index (χ0) is 7.40. The molecule has 54 valence electrons. The van der Waals surface area contributed by atoms with E-state index in [9.17, 15) is 0 Å². The summed E-state index contributed by atoms with van der Waals surface area (Å²) in [6, 6.07) is 2.08. The highest BCUT2D eigenvalue weighted by Crippen LogP contribution is 2.11. The van der Waals surface area contributed by atoms with E-state index in [1.54, 1.807) is 0 Å². The van der Waals surface area contributed by atoms with Crippen molar-refractivity contribution in [2.45, 2.75) is 12.5 Å². The predicted octanol–water partition coefficient (Wildman–Crippen LogP) is 1.59. The maximum atomic E-state index is 5.76. The molecule has 0 aliphatic heterocycles. The van der Waals surface area contributed by atoms with E-state index in [-0.39, 0.29) is 6.04 Å². The second-order valence-electron chi connectivity index (χ2n) is 2.28. The molecule has 1 aromatic heterocycles. The Labute approximate surface area is 60.8 Å². The molecule has 3 N–H and O–H groups in total. The Kier molecular flexibility index (Phi) is 2.29. The Bertz CT molecular complexity index is 189. The SMILES string of the molecule is C=CCC(N)c1cc[nH]c1. The number of H-pyrrole nitrogens is 1. The van der Waals surface area contributed by atoms with Gasteiger partial charge in [-0.1, -0.05) is 6.08 Å². The van der Waals surface area contributed by atoms with Gasteiger partial charge in [-0.25, -0.2) is 0 Å². The first kappa shape index (κ1) is 7.09. The van der Waals surface area contributed by atoms with E-state index in [4.69, 9.17) is 5.73 Å². The summed E-state index contributed by atoms with van der Waals surface area (Å²) in [5.74, 6) is 0. The molecular weight excluding hydrogens is 124 g/mol. The normalized spacial score (nSPS) is 12.9. The number of rotatable bonds is 3. The van der Waals surface area contributed by atoms with Gasteiger partial charge in [0.15, 0.2) is 0 Å². The van der Waals surface area contributed by atoms with E-state index < -0.39 is 0 Å². The lowest BCUT2D eigenvalue weighted by Crippen LogP contribution is -2.07. The van der Waals surface area contributed by atoms with Crippen LogP contribution in [0.3, 0.4) is 0 Å². The Hall–Kier alpha value is -1.02. The Morgan fingerprint density at radius 1 is 1.80 bits per heavy atom. The van der Waals surface area contributed by atoms with Crippen molar-refractivity contribution in [2.24, 2.45) is 5.73 Å². The zero-order valence-electron chi connectivity index (χ0n) is 5.88. The maximum Gasteiger partial charge on any atom is 0.0344 e. The molecule has 0 aliphatic rings. The van der Waals surface area contributed by atoms with Crippen LogP contribution in [0.1, 0.15) is 18.0 Å². The highest BCUT2D eigenvalue weighted by Gasteiger charge is 2.01. The highest BCUT2D eigenvalue weighted by atomic mass is 14.7. The summed E-state index contributed by atoms with van der Waals surface area (Å²) in [5, 5.41) is 0. The van der Waals surface area contributed by atoms with E-state index >= 15 is 0 Å². The van der Waals surface area contributed by atoms with Gasteiger partial charge in [0.05, 0.1) is 0 Å². The summed E-state index contributed by atoms with van der Waals surface area (Å²) in [6.07, 6.45) is 6.45. The molecule has 0 saturated heterocycles. The van der Waals surface area contributed by atoms with E-state index in [1.807, 2.05) is 24.5 Å². The monoisotopic (exact) mass is 136 g/mol. The minimum absolute atomic E-state index is 0.101. The molecule has 0 saturated carbocycles. The van der Waals surface area contributed by atoms with Crippen LogP contribution >= 0.6 is 0 Å². The molecule has 0 radical (unpaired) electrons. The summed E-state index contributed by atoms with van der Waals surface area (Å²) >= 11 is 0. The lowest BCUT2D eigenvalue weighted by molar-refractivity contribution is 0.743. The third-order valence-corrected chi connectivity index (χ3v) is 1.47. The molecule has 10 heavy (non-hydrogen) atoms. The van der Waals surface area contributed by atoms with Crippen molar-refractivity contribution < 1.29 is 0 Å². The Balaban J connectivity index is 2.58. The van der Waals surface area contributed by atoms with Gasteiger partial charge in [0, 0.05) is 18.4 Å². The average Bonchev–Trinajstić information content (AvgIpc) is 2.38. The summed E-state index contributed by atoms with van der Waals surface area (Å²) in [6.45, 7) is 3.62. The van der Waals surface area contributed by atoms with Crippen molar-refractivity contribution in [1.29, 1.82) is 0 Å². The molecule has 1 unspecified atom stereocenters. The summed E-state index contributed by atoms with van der Waals surface area (Å²) in [4.78, 5) is 2.95. The number of nitrogens with two attached hydrogens (primary N) is 1. The van der Waals surface area contributed by atoms with Crippen molar-refractivity contribution in [3.63, 3.8) is 0 Å². The van der Waals surface area contributed by atoms with E-state index in [2.05, 4.69) is 11.6 Å². The molecule has 0 fully saturated rings. The summed E-state index contributed by atoms with van der Waals surface area (Å²) in [7, 11) is 0. The number of hydrogen-bond acceptors (Lipinski definition) is 1. The van der Waals surface area contributed by atoms with Gasteiger partial charge in [-0.15, -0.1) is 6.58 Å². The lowest BCUT2D eigenvalue weighted by atomic mass is 10.1.